The summed E-state index contributed by atoms with van der Waals surface area (Å²) in [6.45, 7) is 3.84. The van der Waals surface area contributed by atoms with E-state index in [1.165, 1.54) is 11.3 Å². The summed E-state index contributed by atoms with van der Waals surface area (Å²) in [4.78, 5) is 13.0. The molecule has 1 heterocycles. The number of halogens is 1. The van der Waals surface area contributed by atoms with Crippen molar-refractivity contribution in [2.24, 2.45) is 0 Å². The number of thiazole rings is 1. The highest BCUT2D eigenvalue weighted by molar-refractivity contribution is 7.73. The van der Waals surface area contributed by atoms with E-state index in [2.05, 4.69) is 5.32 Å². The zero-order valence-electron chi connectivity index (χ0n) is 13.7. The van der Waals surface area contributed by atoms with Gasteiger partial charge in [-0.15, -0.1) is 0 Å². The summed E-state index contributed by atoms with van der Waals surface area (Å²) in [5, 5.41) is 3.56. The minimum absolute atomic E-state index is 0.271. The number of nitrogen functional groups attached to an aromatic ring is 1. The summed E-state index contributed by atoms with van der Waals surface area (Å²) >= 11 is 12.7. The second-order valence-corrected chi connectivity index (χ2v) is 7.67. The molecular weight excluding hydrogens is 374 g/mol. The summed E-state index contributed by atoms with van der Waals surface area (Å²) < 4.78 is 2.20. The predicted octanol–water partition coefficient (Wildman–Crippen LogP) is 5.37. The Kier molecular flexibility index (Phi) is 4.94. The van der Waals surface area contributed by atoms with Crippen LogP contribution in [0.15, 0.2) is 42.5 Å². The Morgan fingerprint density at radius 2 is 1.92 bits per heavy atom. The number of carbonyl (C=O) groups is 1. The van der Waals surface area contributed by atoms with Gasteiger partial charge in [-0.25, -0.2) is 0 Å². The van der Waals surface area contributed by atoms with E-state index >= 15 is 0 Å². The summed E-state index contributed by atoms with van der Waals surface area (Å²) in [7, 11) is 0. The van der Waals surface area contributed by atoms with Gasteiger partial charge in [0.1, 0.15) is 10.7 Å². The lowest BCUT2D eigenvalue weighted by Crippen LogP contribution is -2.14. The van der Waals surface area contributed by atoms with Crippen LogP contribution >= 0.6 is 35.2 Å². The quantitative estimate of drug-likeness (QED) is 0.591. The molecule has 7 heteroatoms. The molecule has 0 saturated carbocycles. The summed E-state index contributed by atoms with van der Waals surface area (Å²) in [6.07, 6.45) is 0. The molecule has 0 saturated heterocycles. The van der Waals surface area contributed by atoms with Crippen molar-refractivity contribution in [2.45, 2.75) is 13.8 Å². The van der Waals surface area contributed by atoms with Crippen molar-refractivity contribution in [1.82, 2.24) is 4.57 Å². The SMILES string of the molecule is Cc1cc(-n2c(N)c(C(=O)Nc3ccccc3C)sc2=S)ccc1Cl. The van der Waals surface area contributed by atoms with E-state index < -0.39 is 0 Å². The fraction of sp³-hybridized carbons (Fsp3) is 0.111. The minimum atomic E-state index is -0.271. The Labute approximate surface area is 159 Å². The van der Waals surface area contributed by atoms with Gasteiger partial charge in [0.2, 0.25) is 0 Å². The molecule has 1 aromatic heterocycles. The van der Waals surface area contributed by atoms with Gasteiger partial charge in [0.25, 0.3) is 5.91 Å². The first kappa shape index (κ1) is 17.7. The van der Waals surface area contributed by atoms with Crippen LogP contribution in [0.25, 0.3) is 5.69 Å². The number of aryl methyl sites for hydroxylation is 2. The number of rotatable bonds is 3. The number of nitrogens with one attached hydrogen (secondary N) is 1. The van der Waals surface area contributed by atoms with Crippen molar-refractivity contribution in [3.05, 3.63) is 67.4 Å². The van der Waals surface area contributed by atoms with Crippen molar-refractivity contribution >= 4 is 52.6 Å². The molecule has 0 bridgehead atoms. The van der Waals surface area contributed by atoms with Crippen LogP contribution in [0.5, 0.6) is 0 Å². The number of aromatic nitrogens is 1. The van der Waals surface area contributed by atoms with Crippen LogP contribution in [-0.2, 0) is 0 Å². The second kappa shape index (κ2) is 7.00. The van der Waals surface area contributed by atoms with Gasteiger partial charge in [-0.3, -0.25) is 9.36 Å². The number of amides is 1. The largest absolute Gasteiger partial charge is 0.383 e. The number of nitrogens with zero attached hydrogens (tertiary/aromatic N) is 1. The number of hydrogen-bond donors (Lipinski definition) is 2. The second-order valence-electron chi connectivity index (χ2n) is 5.62. The molecule has 0 spiro atoms. The third-order valence-electron chi connectivity index (χ3n) is 3.84. The number of carbonyl (C=O) groups excluding carboxylic acids is 1. The third kappa shape index (κ3) is 3.46. The minimum Gasteiger partial charge on any atom is -0.383 e. The molecule has 0 radical (unpaired) electrons. The molecule has 128 valence electrons. The maximum absolute atomic E-state index is 12.6. The van der Waals surface area contributed by atoms with Crippen LogP contribution in [0, 0.1) is 17.8 Å². The third-order valence-corrected chi connectivity index (χ3v) is 5.66. The van der Waals surface area contributed by atoms with Gasteiger partial charge in [-0.05, 0) is 61.5 Å². The molecule has 25 heavy (non-hydrogen) atoms. The molecule has 0 fully saturated rings. The Morgan fingerprint density at radius 1 is 1.20 bits per heavy atom. The zero-order valence-corrected chi connectivity index (χ0v) is 16.1. The van der Waals surface area contributed by atoms with Gasteiger partial charge >= 0.3 is 0 Å². The van der Waals surface area contributed by atoms with Gasteiger partial charge in [0.05, 0.1) is 0 Å². The van der Waals surface area contributed by atoms with Crippen molar-refractivity contribution in [1.29, 1.82) is 0 Å². The highest BCUT2D eigenvalue weighted by atomic mass is 35.5. The lowest BCUT2D eigenvalue weighted by atomic mass is 10.2. The highest BCUT2D eigenvalue weighted by Gasteiger charge is 2.19. The average molecular weight is 390 g/mol. The van der Waals surface area contributed by atoms with Crippen molar-refractivity contribution in [2.75, 3.05) is 11.1 Å². The molecule has 4 nitrogen and oxygen atoms in total. The molecule has 0 aliphatic rings. The maximum atomic E-state index is 12.6. The smallest absolute Gasteiger partial charge is 0.269 e. The standard InChI is InChI=1S/C18H16ClN3OS2/c1-10-5-3-4-6-14(10)21-17(23)15-16(20)22(18(24)25-15)12-7-8-13(19)11(2)9-12/h3-9H,20H2,1-2H3,(H,21,23). The Balaban J connectivity index is 1.99. The number of hydrogen-bond acceptors (Lipinski definition) is 4. The molecule has 0 aliphatic carbocycles. The van der Waals surface area contributed by atoms with Crippen molar-refractivity contribution in [3.8, 4) is 5.69 Å². The molecule has 3 rings (SSSR count). The van der Waals surface area contributed by atoms with Gasteiger partial charge in [-0.2, -0.15) is 0 Å². The fourth-order valence-corrected chi connectivity index (χ4v) is 3.83. The van der Waals surface area contributed by atoms with E-state index in [0.29, 0.717) is 19.7 Å². The van der Waals surface area contributed by atoms with E-state index in [4.69, 9.17) is 29.6 Å². The van der Waals surface area contributed by atoms with Crippen molar-refractivity contribution in [3.63, 3.8) is 0 Å². The lowest BCUT2D eigenvalue weighted by molar-refractivity contribution is 0.103. The molecular formula is C18H16ClN3OS2. The molecule has 1 amide bonds. The van der Waals surface area contributed by atoms with Crippen LogP contribution in [-0.4, -0.2) is 10.5 Å². The van der Waals surface area contributed by atoms with Gasteiger partial charge < -0.3 is 11.1 Å². The summed E-state index contributed by atoms with van der Waals surface area (Å²) in [6, 6.07) is 13.1. The first-order valence-corrected chi connectivity index (χ1v) is 9.13. The first-order chi connectivity index (χ1) is 11.9. The van der Waals surface area contributed by atoms with Crippen LogP contribution in [0.1, 0.15) is 20.8 Å². The Morgan fingerprint density at radius 3 is 2.60 bits per heavy atom. The van der Waals surface area contributed by atoms with E-state index in [1.807, 2.05) is 50.2 Å². The summed E-state index contributed by atoms with van der Waals surface area (Å²) in [5.41, 5.74) is 9.66. The maximum Gasteiger partial charge on any atom is 0.269 e. The molecule has 3 N–H and O–H groups in total. The molecule has 2 aromatic carbocycles. The predicted molar refractivity (Wildman–Crippen MR) is 108 cm³/mol. The highest BCUT2D eigenvalue weighted by Crippen LogP contribution is 2.29. The molecule has 0 aliphatic heterocycles. The van der Waals surface area contributed by atoms with Gasteiger partial charge in [0, 0.05) is 16.4 Å². The van der Waals surface area contributed by atoms with E-state index in [0.717, 1.165) is 22.5 Å². The Hall–Kier alpha value is -2.15. The van der Waals surface area contributed by atoms with E-state index in [1.54, 1.807) is 10.6 Å². The molecule has 0 atom stereocenters. The van der Waals surface area contributed by atoms with Crippen molar-refractivity contribution < 1.29 is 4.79 Å². The monoisotopic (exact) mass is 389 g/mol. The van der Waals surface area contributed by atoms with Crippen LogP contribution in [0.2, 0.25) is 5.02 Å². The number of anilines is 2. The average Bonchev–Trinajstić information content (AvgIpc) is 2.87. The Bertz CT molecular complexity index is 1020. The van der Waals surface area contributed by atoms with Crippen LogP contribution < -0.4 is 11.1 Å². The number of nitrogens with two attached hydrogens (primary N) is 1. The van der Waals surface area contributed by atoms with Crippen LogP contribution in [0.3, 0.4) is 0 Å². The fourth-order valence-electron chi connectivity index (χ4n) is 2.45. The van der Waals surface area contributed by atoms with Gasteiger partial charge in [-0.1, -0.05) is 41.1 Å². The lowest BCUT2D eigenvalue weighted by Gasteiger charge is -2.09. The zero-order chi connectivity index (χ0) is 18.1. The number of para-hydroxylation sites is 1. The van der Waals surface area contributed by atoms with E-state index in [-0.39, 0.29) is 5.91 Å². The number of benzene rings is 2. The van der Waals surface area contributed by atoms with Gasteiger partial charge in [0.15, 0.2) is 3.95 Å². The summed E-state index contributed by atoms with van der Waals surface area (Å²) in [5.74, 6) is 0.0511. The molecule has 0 unspecified atom stereocenters. The topological polar surface area (TPSA) is 60.0 Å². The van der Waals surface area contributed by atoms with Crippen LogP contribution in [0.4, 0.5) is 11.5 Å². The van der Waals surface area contributed by atoms with E-state index in [9.17, 15) is 4.79 Å². The first-order valence-electron chi connectivity index (χ1n) is 7.53. The molecule has 3 aromatic rings. The normalized spacial score (nSPS) is 10.7.